The molecule has 4 nitrogen and oxygen atoms in total. The molecule has 2 aromatic carbocycles. The number of nitrogens with zero attached hydrogens (tertiary/aromatic N) is 2. The van der Waals surface area contributed by atoms with Gasteiger partial charge in [0.2, 0.25) is 5.12 Å². The van der Waals surface area contributed by atoms with Crippen LogP contribution in [0.25, 0.3) is 5.69 Å². The van der Waals surface area contributed by atoms with Crippen molar-refractivity contribution in [3.63, 3.8) is 0 Å². The fourth-order valence-electron chi connectivity index (χ4n) is 3.03. The highest BCUT2D eigenvalue weighted by Gasteiger charge is 2.36. The quantitative estimate of drug-likeness (QED) is 0.573. The Morgan fingerprint density at radius 2 is 1.78 bits per heavy atom. The molecule has 4 rings (SSSR count). The highest BCUT2D eigenvalue weighted by Crippen LogP contribution is 2.36. The number of hydrogen-bond acceptors (Lipinski definition) is 3. The third-order valence-electron chi connectivity index (χ3n) is 4.13. The van der Waals surface area contributed by atoms with Crippen LogP contribution >= 0.6 is 11.6 Å². The van der Waals surface area contributed by atoms with E-state index in [2.05, 4.69) is 39.1 Å². The number of imidazole rings is 1. The summed E-state index contributed by atoms with van der Waals surface area (Å²) in [5.41, 5.74) is 10.5. The van der Waals surface area contributed by atoms with Crippen LogP contribution in [0, 0.1) is 0 Å². The second-order valence-electron chi connectivity index (χ2n) is 5.75. The Kier molecular flexibility index (Phi) is 3.36. The van der Waals surface area contributed by atoms with Gasteiger partial charge in [0.1, 0.15) is 0 Å². The van der Waals surface area contributed by atoms with Gasteiger partial charge in [0, 0.05) is 11.9 Å². The van der Waals surface area contributed by atoms with Crippen molar-refractivity contribution in [1.82, 2.24) is 9.55 Å². The third kappa shape index (κ3) is 2.50. The number of aryl methyl sites for hydroxylation is 2. The summed E-state index contributed by atoms with van der Waals surface area (Å²) in [6, 6.07) is 18.4. The van der Waals surface area contributed by atoms with Gasteiger partial charge in [-0.05, 0) is 30.5 Å². The second kappa shape index (κ2) is 5.41. The van der Waals surface area contributed by atoms with Gasteiger partial charge in [0.25, 0.3) is 0 Å². The van der Waals surface area contributed by atoms with Gasteiger partial charge in [-0.15, -0.1) is 0 Å². The summed E-state index contributed by atoms with van der Waals surface area (Å²) < 4.78 is 2.07. The van der Waals surface area contributed by atoms with E-state index in [1.54, 1.807) is 0 Å². The summed E-state index contributed by atoms with van der Waals surface area (Å²) in [6.07, 6.45) is 3.69. The van der Waals surface area contributed by atoms with Gasteiger partial charge in [-0.3, -0.25) is 10.3 Å². The van der Waals surface area contributed by atoms with E-state index in [-0.39, 0.29) is 0 Å². The molecule has 5 heteroatoms. The lowest BCUT2D eigenvalue weighted by Crippen LogP contribution is -2.44. The monoisotopic (exact) mass is 324 g/mol. The maximum Gasteiger partial charge on any atom is 0.224 e. The molecule has 3 N–H and O–H groups in total. The number of halogens is 1. The number of alkyl halides is 1. The first-order valence-electron chi connectivity index (χ1n) is 7.61. The minimum atomic E-state index is -1.20. The molecule has 23 heavy (non-hydrogen) atoms. The Balaban J connectivity index is 1.73. The van der Waals surface area contributed by atoms with E-state index < -0.39 is 5.12 Å². The standard InChI is InChI=1S/C18H17ClN4/c19-18(20)17-21-12-14(11-10-13-6-2-1-3-7-13)23(17)16-9-5-4-8-15(16)22-18/h1-9,12,22H,10-11,20H2. The number of nitrogens with two attached hydrogens (primary N) is 1. The van der Waals surface area contributed by atoms with Crippen LogP contribution in [0.2, 0.25) is 0 Å². The molecule has 0 fully saturated rings. The number of nitrogens with one attached hydrogen (secondary N) is 1. The summed E-state index contributed by atoms with van der Waals surface area (Å²) in [6.45, 7) is 0. The molecule has 0 radical (unpaired) electrons. The number of fused-ring (bicyclic) bond motifs is 3. The molecule has 0 bridgehead atoms. The van der Waals surface area contributed by atoms with E-state index >= 15 is 0 Å². The number of anilines is 1. The zero-order chi connectivity index (χ0) is 15.9. The van der Waals surface area contributed by atoms with Crippen LogP contribution in [0.5, 0.6) is 0 Å². The van der Waals surface area contributed by atoms with Gasteiger partial charge in [0.15, 0.2) is 5.82 Å². The molecule has 0 aliphatic carbocycles. The lowest BCUT2D eigenvalue weighted by atomic mass is 10.1. The van der Waals surface area contributed by atoms with Gasteiger partial charge >= 0.3 is 0 Å². The zero-order valence-corrected chi connectivity index (χ0v) is 13.3. The van der Waals surface area contributed by atoms with Crippen molar-refractivity contribution in [3.05, 3.63) is 77.9 Å². The molecular weight excluding hydrogens is 308 g/mol. The minimum absolute atomic E-state index is 0.626. The van der Waals surface area contributed by atoms with Crippen molar-refractivity contribution >= 4 is 17.3 Å². The van der Waals surface area contributed by atoms with E-state index in [0.29, 0.717) is 5.82 Å². The maximum absolute atomic E-state index is 6.44. The number of hydrogen-bond donors (Lipinski definition) is 2. The molecule has 0 spiro atoms. The highest BCUT2D eigenvalue weighted by atomic mass is 35.5. The predicted molar refractivity (Wildman–Crippen MR) is 92.8 cm³/mol. The largest absolute Gasteiger partial charge is 0.347 e. The van der Waals surface area contributed by atoms with Crippen LogP contribution in [0.3, 0.4) is 0 Å². The molecule has 1 aromatic heterocycles. The number of rotatable bonds is 3. The van der Waals surface area contributed by atoms with E-state index in [9.17, 15) is 0 Å². The lowest BCUT2D eigenvalue weighted by molar-refractivity contribution is 0.633. The summed E-state index contributed by atoms with van der Waals surface area (Å²) in [4.78, 5) is 4.46. The molecule has 1 aliphatic heterocycles. The number of benzene rings is 2. The molecule has 2 heterocycles. The molecule has 1 atom stereocenters. The Hall–Kier alpha value is -2.30. The van der Waals surface area contributed by atoms with Gasteiger partial charge < -0.3 is 5.32 Å². The smallest absolute Gasteiger partial charge is 0.224 e. The first-order valence-corrected chi connectivity index (χ1v) is 7.99. The van der Waals surface area contributed by atoms with Crippen LogP contribution < -0.4 is 11.1 Å². The van der Waals surface area contributed by atoms with Gasteiger partial charge in [0.05, 0.1) is 11.4 Å². The van der Waals surface area contributed by atoms with Crippen molar-refractivity contribution < 1.29 is 0 Å². The predicted octanol–water partition coefficient (Wildman–Crippen LogP) is 3.39. The molecule has 1 unspecified atom stereocenters. The number of aromatic nitrogens is 2. The third-order valence-corrected chi connectivity index (χ3v) is 4.40. The fourth-order valence-corrected chi connectivity index (χ4v) is 3.27. The molecule has 3 aromatic rings. The van der Waals surface area contributed by atoms with Crippen LogP contribution in [-0.4, -0.2) is 9.55 Å². The first kappa shape index (κ1) is 14.3. The fraction of sp³-hybridized carbons (Fsp3) is 0.167. The molecule has 0 saturated carbocycles. The molecule has 0 amide bonds. The molecule has 1 aliphatic rings. The molecular formula is C18H17ClN4. The average Bonchev–Trinajstić information content (AvgIpc) is 2.99. The van der Waals surface area contributed by atoms with Crippen LogP contribution in [0.15, 0.2) is 60.8 Å². The van der Waals surface area contributed by atoms with Crippen molar-refractivity contribution in [2.45, 2.75) is 18.0 Å². The molecule has 0 saturated heterocycles. The SMILES string of the molecule is NC1(Cl)Nc2ccccc2-n2c(CCc3ccccc3)cnc21. The van der Waals surface area contributed by atoms with Gasteiger partial charge in [-0.2, -0.15) is 0 Å². The Morgan fingerprint density at radius 3 is 2.61 bits per heavy atom. The lowest BCUT2D eigenvalue weighted by Gasteiger charge is -2.32. The van der Waals surface area contributed by atoms with Gasteiger partial charge in [-0.1, -0.05) is 54.1 Å². The zero-order valence-electron chi connectivity index (χ0n) is 12.5. The van der Waals surface area contributed by atoms with Crippen molar-refractivity contribution in [3.8, 4) is 5.69 Å². The maximum atomic E-state index is 6.44. The Labute approximate surface area is 139 Å². The summed E-state index contributed by atoms with van der Waals surface area (Å²) >= 11 is 6.44. The normalized spacial score (nSPS) is 18.9. The van der Waals surface area contributed by atoms with Crippen molar-refractivity contribution in [1.29, 1.82) is 0 Å². The minimum Gasteiger partial charge on any atom is -0.347 e. The topological polar surface area (TPSA) is 55.9 Å². The van der Waals surface area contributed by atoms with Crippen molar-refractivity contribution in [2.24, 2.45) is 5.73 Å². The first-order chi connectivity index (χ1) is 11.1. The Bertz CT molecular complexity index is 839. The molecule has 116 valence electrons. The Morgan fingerprint density at radius 1 is 1.04 bits per heavy atom. The van der Waals surface area contributed by atoms with E-state index in [1.165, 1.54) is 5.56 Å². The highest BCUT2D eigenvalue weighted by molar-refractivity contribution is 6.24. The van der Waals surface area contributed by atoms with Crippen LogP contribution in [0.4, 0.5) is 5.69 Å². The van der Waals surface area contributed by atoms with Crippen molar-refractivity contribution in [2.75, 3.05) is 5.32 Å². The summed E-state index contributed by atoms with van der Waals surface area (Å²) in [5.74, 6) is 0.626. The summed E-state index contributed by atoms with van der Waals surface area (Å²) in [7, 11) is 0. The van der Waals surface area contributed by atoms with Crippen LogP contribution in [-0.2, 0) is 18.0 Å². The average molecular weight is 325 g/mol. The van der Waals surface area contributed by atoms with E-state index in [0.717, 1.165) is 29.9 Å². The summed E-state index contributed by atoms with van der Waals surface area (Å²) in [5, 5.41) is 1.94. The second-order valence-corrected chi connectivity index (χ2v) is 6.34. The van der Waals surface area contributed by atoms with E-state index in [4.69, 9.17) is 17.3 Å². The van der Waals surface area contributed by atoms with E-state index in [1.807, 2.05) is 36.5 Å². The number of para-hydroxylation sites is 2. The van der Waals surface area contributed by atoms with Crippen LogP contribution in [0.1, 0.15) is 17.1 Å². The van der Waals surface area contributed by atoms with Gasteiger partial charge in [-0.25, -0.2) is 4.98 Å².